The second-order valence-electron chi connectivity index (χ2n) is 7.18. The summed E-state index contributed by atoms with van der Waals surface area (Å²) in [6, 6.07) is 11.0. The molecule has 30 heavy (non-hydrogen) atoms. The SMILES string of the molecule is C=CCn1c(SCC(=O)N[C@H](C)c2ccc(C)c(C)c2)nc2cc(Cl)ccc2c1=O. The first kappa shape index (κ1) is 22.1. The molecule has 0 saturated heterocycles. The molecular weight excluding hydrogens is 418 g/mol. The molecule has 3 rings (SSSR count). The lowest BCUT2D eigenvalue weighted by Gasteiger charge is -2.16. The van der Waals surface area contributed by atoms with E-state index in [1.54, 1.807) is 24.3 Å². The average Bonchev–Trinajstić information content (AvgIpc) is 2.70. The number of allylic oxidation sites excluding steroid dienone is 1. The van der Waals surface area contributed by atoms with Crippen molar-refractivity contribution in [1.29, 1.82) is 0 Å². The maximum Gasteiger partial charge on any atom is 0.262 e. The van der Waals surface area contributed by atoms with E-state index in [9.17, 15) is 9.59 Å². The van der Waals surface area contributed by atoms with Gasteiger partial charge in [-0.15, -0.1) is 6.58 Å². The zero-order valence-corrected chi connectivity index (χ0v) is 18.8. The van der Waals surface area contributed by atoms with Crippen LogP contribution in [-0.2, 0) is 11.3 Å². The van der Waals surface area contributed by atoms with Crippen LogP contribution in [-0.4, -0.2) is 21.2 Å². The number of nitrogens with one attached hydrogen (secondary N) is 1. The predicted molar refractivity (Wildman–Crippen MR) is 124 cm³/mol. The quantitative estimate of drug-likeness (QED) is 0.324. The fourth-order valence-corrected chi connectivity index (χ4v) is 4.09. The molecule has 1 aromatic heterocycles. The fraction of sp³-hybridized carbons (Fsp3) is 0.261. The highest BCUT2D eigenvalue weighted by Crippen LogP contribution is 2.21. The van der Waals surface area contributed by atoms with Crippen LogP contribution in [0.3, 0.4) is 0 Å². The number of hydrogen-bond donors (Lipinski definition) is 1. The molecule has 1 atom stereocenters. The van der Waals surface area contributed by atoms with Gasteiger partial charge in [0, 0.05) is 11.6 Å². The number of rotatable bonds is 7. The molecule has 3 aromatic rings. The van der Waals surface area contributed by atoms with Crippen LogP contribution in [0, 0.1) is 13.8 Å². The van der Waals surface area contributed by atoms with Gasteiger partial charge < -0.3 is 5.32 Å². The summed E-state index contributed by atoms with van der Waals surface area (Å²) in [5, 5.41) is 4.46. The molecule has 0 saturated carbocycles. The highest BCUT2D eigenvalue weighted by molar-refractivity contribution is 7.99. The van der Waals surface area contributed by atoms with Crippen LogP contribution in [0.15, 0.2) is 59.0 Å². The highest BCUT2D eigenvalue weighted by atomic mass is 35.5. The monoisotopic (exact) mass is 441 g/mol. The van der Waals surface area contributed by atoms with Crippen LogP contribution in [0.25, 0.3) is 10.9 Å². The molecule has 0 unspecified atom stereocenters. The molecule has 2 aromatic carbocycles. The largest absolute Gasteiger partial charge is 0.349 e. The Bertz CT molecular complexity index is 1170. The highest BCUT2D eigenvalue weighted by Gasteiger charge is 2.15. The topological polar surface area (TPSA) is 64.0 Å². The minimum absolute atomic E-state index is 0.115. The summed E-state index contributed by atoms with van der Waals surface area (Å²) < 4.78 is 1.52. The number of fused-ring (bicyclic) bond motifs is 1. The maximum atomic E-state index is 12.8. The normalized spacial score (nSPS) is 12.0. The third-order valence-corrected chi connectivity index (χ3v) is 6.15. The van der Waals surface area contributed by atoms with Gasteiger partial charge in [-0.25, -0.2) is 4.98 Å². The number of amides is 1. The summed E-state index contributed by atoms with van der Waals surface area (Å²) in [6.45, 7) is 10.1. The van der Waals surface area contributed by atoms with Crippen LogP contribution in [0.1, 0.15) is 29.7 Å². The molecule has 0 aliphatic rings. The van der Waals surface area contributed by atoms with Crippen molar-refractivity contribution in [2.75, 3.05) is 5.75 Å². The molecular formula is C23H24ClN3O2S. The maximum absolute atomic E-state index is 12.8. The van der Waals surface area contributed by atoms with E-state index < -0.39 is 0 Å². The Kier molecular flexibility index (Phi) is 7.00. The molecule has 0 spiro atoms. The fourth-order valence-electron chi connectivity index (χ4n) is 3.10. The molecule has 1 N–H and O–H groups in total. The summed E-state index contributed by atoms with van der Waals surface area (Å²) in [7, 11) is 0. The first-order chi connectivity index (χ1) is 14.3. The summed E-state index contributed by atoms with van der Waals surface area (Å²) >= 11 is 7.27. The predicted octanol–water partition coefficient (Wildman–Crippen LogP) is 4.82. The second-order valence-corrected chi connectivity index (χ2v) is 8.56. The van der Waals surface area contributed by atoms with Crippen molar-refractivity contribution in [1.82, 2.24) is 14.9 Å². The van der Waals surface area contributed by atoms with E-state index >= 15 is 0 Å². The van der Waals surface area contributed by atoms with Crippen LogP contribution >= 0.6 is 23.4 Å². The van der Waals surface area contributed by atoms with Crippen molar-refractivity contribution in [2.24, 2.45) is 0 Å². The molecule has 7 heteroatoms. The van der Waals surface area contributed by atoms with Gasteiger partial charge in [-0.2, -0.15) is 0 Å². The number of aryl methyl sites for hydroxylation is 2. The Labute approximate surface area is 185 Å². The number of carbonyl (C=O) groups is 1. The van der Waals surface area contributed by atoms with E-state index in [4.69, 9.17) is 11.6 Å². The van der Waals surface area contributed by atoms with Crippen molar-refractivity contribution in [3.63, 3.8) is 0 Å². The lowest BCUT2D eigenvalue weighted by atomic mass is 10.0. The van der Waals surface area contributed by atoms with Gasteiger partial charge in [-0.1, -0.05) is 47.6 Å². The van der Waals surface area contributed by atoms with Crippen LogP contribution in [0.5, 0.6) is 0 Å². The first-order valence-electron chi connectivity index (χ1n) is 9.60. The van der Waals surface area contributed by atoms with Gasteiger partial charge in [0.25, 0.3) is 5.56 Å². The Balaban J connectivity index is 1.77. The smallest absolute Gasteiger partial charge is 0.262 e. The van der Waals surface area contributed by atoms with Crippen molar-refractivity contribution < 1.29 is 4.79 Å². The van der Waals surface area contributed by atoms with Crippen LogP contribution < -0.4 is 10.9 Å². The minimum atomic E-state index is -0.178. The standard InChI is InChI=1S/C23H24ClN3O2S/c1-5-10-27-22(29)19-9-8-18(24)12-20(19)26-23(27)30-13-21(28)25-16(4)17-7-6-14(2)15(3)11-17/h5-9,11-12,16H,1,10,13H2,2-4H3,(H,25,28)/t16-/m1/s1. The van der Waals surface area contributed by atoms with Crippen molar-refractivity contribution in [2.45, 2.75) is 38.5 Å². The molecule has 5 nitrogen and oxygen atoms in total. The van der Waals surface area contributed by atoms with Gasteiger partial charge in [0.15, 0.2) is 5.16 Å². The molecule has 0 radical (unpaired) electrons. The molecule has 1 heterocycles. The van der Waals surface area contributed by atoms with Gasteiger partial charge >= 0.3 is 0 Å². The third kappa shape index (κ3) is 4.94. The van der Waals surface area contributed by atoms with Crippen molar-refractivity contribution in [3.05, 3.63) is 81.1 Å². The lowest BCUT2D eigenvalue weighted by Crippen LogP contribution is -2.29. The van der Waals surface area contributed by atoms with E-state index in [0.29, 0.717) is 27.6 Å². The van der Waals surface area contributed by atoms with Gasteiger partial charge in [0.05, 0.1) is 22.7 Å². The van der Waals surface area contributed by atoms with Crippen LogP contribution in [0.2, 0.25) is 5.02 Å². The second kappa shape index (κ2) is 9.49. The summed E-state index contributed by atoms with van der Waals surface area (Å²) in [5.74, 6) is 0.0153. The zero-order chi connectivity index (χ0) is 21.8. The third-order valence-electron chi connectivity index (χ3n) is 4.93. The number of hydrogen-bond acceptors (Lipinski definition) is 4. The Morgan fingerprint density at radius 3 is 2.73 bits per heavy atom. The van der Waals surface area contributed by atoms with Crippen LogP contribution in [0.4, 0.5) is 0 Å². The van der Waals surface area contributed by atoms with Gasteiger partial charge in [-0.05, 0) is 55.7 Å². The number of halogens is 1. The number of nitrogens with zero attached hydrogens (tertiary/aromatic N) is 2. The van der Waals surface area contributed by atoms with Gasteiger partial charge in [0.2, 0.25) is 5.91 Å². The van der Waals surface area contributed by atoms with E-state index in [-0.39, 0.29) is 23.3 Å². The summed E-state index contributed by atoms with van der Waals surface area (Å²) in [5.41, 5.74) is 3.80. The number of benzene rings is 2. The molecule has 1 amide bonds. The van der Waals surface area contributed by atoms with E-state index in [1.165, 1.54) is 27.5 Å². The molecule has 156 valence electrons. The van der Waals surface area contributed by atoms with Crippen molar-refractivity contribution >= 4 is 40.2 Å². The Hall–Kier alpha value is -2.57. The van der Waals surface area contributed by atoms with Gasteiger partial charge in [-0.3, -0.25) is 14.2 Å². The van der Waals surface area contributed by atoms with E-state index in [0.717, 1.165) is 5.56 Å². The number of aromatic nitrogens is 2. The van der Waals surface area contributed by atoms with E-state index in [1.807, 2.05) is 13.0 Å². The molecule has 0 fully saturated rings. The summed E-state index contributed by atoms with van der Waals surface area (Å²) in [6.07, 6.45) is 1.64. The summed E-state index contributed by atoms with van der Waals surface area (Å²) in [4.78, 5) is 29.9. The number of thioether (sulfide) groups is 1. The Morgan fingerprint density at radius 2 is 2.03 bits per heavy atom. The Morgan fingerprint density at radius 1 is 1.27 bits per heavy atom. The van der Waals surface area contributed by atoms with Gasteiger partial charge in [0.1, 0.15) is 0 Å². The number of carbonyl (C=O) groups excluding carboxylic acids is 1. The minimum Gasteiger partial charge on any atom is -0.349 e. The average molecular weight is 442 g/mol. The molecule has 0 bridgehead atoms. The lowest BCUT2D eigenvalue weighted by molar-refractivity contribution is -0.119. The first-order valence-corrected chi connectivity index (χ1v) is 11.0. The zero-order valence-electron chi connectivity index (χ0n) is 17.2. The molecule has 0 aliphatic carbocycles. The molecule has 0 aliphatic heterocycles. The van der Waals surface area contributed by atoms with Crippen molar-refractivity contribution in [3.8, 4) is 0 Å². The van der Waals surface area contributed by atoms with E-state index in [2.05, 4.69) is 42.9 Å².